The van der Waals surface area contributed by atoms with Crippen molar-refractivity contribution in [1.29, 1.82) is 0 Å². The highest BCUT2D eigenvalue weighted by Gasteiger charge is 2.42. The molecule has 0 radical (unpaired) electrons. The van der Waals surface area contributed by atoms with Gasteiger partial charge in [-0.3, -0.25) is 4.90 Å². The van der Waals surface area contributed by atoms with Crippen molar-refractivity contribution < 1.29 is 0 Å². The van der Waals surface area contributed by atoms with Gasteiger partial charge >= 0.3 is 0 Å². The molecule has 2 heterocycles. The van der Waals surface area contributed by atoms with Crippen LogP contribution in [0, 0.1) is 0 Å². The van der Waals surface area contributed by atoms with Crippen molar-refractivity contribution in [1.82, 2.24) is 14.7 Å². The van der Waals surface area contributed by atoms with Gasteiger partial charge in [-0.05, 0) is 72.9 Å². The minimum Gasteiger partial charge on any atom is -0.329 e. The predicted octanol–water partition coefficient (Wildman–Crippen LogP) is 0.826. The summed E-state index contributed by atoms with van der Waals surface area (Å²) in [4.78, 5) is 7.57. The highest BCUT2D eigenvalue weighted by atomic mass is 15.3. The molecule has 0 spiro atoms. The predicted molar refractivity (Wildman–Crippen MR) is 81.4 cm³/mol. The zero-order chi connectivity index (χ0) is 13.9. The molecule has 0 bridgehead atoms. The molecule has 112 valence electrons. The first-order valence-electron chi connectivity index (χ1n) is 7.87. The number of hydrogen-bond acceptors (Lipinski definition) is 4. The summed E-state index contributed by atoms with van der Waals surface area (Å²) < 4.78 is 0. The Balaban J connectivity index is 2.10. The minimum atomic E-state index is 0.266. The van der Waals surface area contributed by atoms with Gasteiger partial charge in [-0.2, -0.15) is 0 Å². The Bertz CT molecular complexity index is 281. The molecule has 4 nitrogen and oxygen atoms in total. The quantitative estimate of drug-likeness (QED) is 0.819. The summed E-state index contributed by atoms with van der Waals surface area (Å²) in [6.07, 6.45) is 6.49. The number of nitrogens with two attached hydrogens (primary N) is 1. The molecule has 2 aliphatic heterocycles. The summed E-state index contributed by atoms with van der Waals surface area (Å²) in [6.45, 7) is 5.68. The fourth-order valence-corrected chi connectivity index (χ4v) is 3.99. The second-order valence-electron chi connectivity index (χ2n) is 6.84. The van der Waals surface area contributed by atoms with Gasteiger partial charge in [-0.1, -0.05) is 0 Å². The van der Waals surface area contributed by atoms with Crippen LogP contribution in [-0.4, -0.2) is 80.1 Å². The van der Waals surface area contributed by atoms with E-state index < -0.39 is 0 Å². The third-order valence-corrected chi connectivity index (χ3v) is 5.08. The zero-order valence-corrected chi connectivity index (χ0v) is 13.1. The summed E-state index contributed by atoms with van der Waals surface area (Å²) in [7, 11) is 6.62. The van der Waals surface area contributed by atoms with E-state index in [2.05, 4.69) is 35.8 Å². The van der Waals surface area contributed by atoms with E-state index in [1.54, 1.807) is 0 Å². The molecule has 2 fully saturated rings. The van der Waals surface area contributed by atoms with Gasteiger partial charge in [0.05, 0.1) is 0 Å². The highest BCUT2D eigenvalue weighted by Crippen LogP contribution is 2.34. The Labute approximate surface area is 118 Å². The summed E-state index contributed by atoms with van der Waals surface area (Å²) in [5, 5.41) is 0. The molecule has 0 amide bonds. The lowest BCUT2D eigenvalue weighted by atomic mass is 9.87. The first kappa shape index (κ1) is 15.2. The summed E-state index contributed by atoms with van der Waals surface area (Å²) in [5.41, 5.74) is 6.52. The van der Waals surface area contributed by atoms with Crippen molar-refractivity contribution in [3.05, 3.63) is 0 Å². The molecule has 2 unspecified atom stereocenters. The third-order valence-electron chi connectivity index (χ3n) is 5.08. The zero-order valence-electron chi connectivity index (χ0n) is 13.1. The fourth-order valence-electron chi connectivity index (χ4n) is 3.99. The molecule has 0 aromatic heterocycles. The minimum absolute atomic E-state index is 0.266. The smallest absolute Gasteiger partial charge is 0.0347 e. The van der Waals surface area contributed by atoms with Gasteiger partial charge in [-0.15, -0.1) is 0 Å². The largest absolute Gasteiger partial charge is 0.329 e. The Kier molecular flexibility index (Phi) is 5.23. The van der Waals surface area contributed by atoms with Crippen LogP contribution in [0.2, 0.25) is 0 Å². The monoisotopic (exact) mass is 268 g/mol. The van der Waals surface area contributed by atoms with E-state index in [1.807, 2.05) is 0 Å². The van der Waals surface area contributed by atoms with E-state index in [1.165, 1.54) is 58.3 Å². The molecule has 4 heteroatoms. The van der Waals surface area contributed by atoms with Gasteiger partial charge in [0.2, 0.25) is 0 Å². The Hall–Kier alpha value is -0.160. The van der Waals surface area contributed by atoms with Gasteiger partial charge in [-0.25, -0.2) is 0 Å². The molecule has 0 aromatic carbocycles. The van der Waals surface area contributed by atoms with Crippen LogP contribution < -0.4 is 5.73 Å². The van der Waals surface area contributed by atoms with E-state index in [-0.39, 0.29) is 5.54 Å². The Morgan fingerprint density at radius 2 is 1.95 bits per heavy atom. The molecule has 19 heavy (non-hydrogen) atoms. The van der Waals surface area contributed by atoms with Crippen molar-refractivity contribution in [2.45, 2.75) is 43.7 Å². The van der Waals surface area contributed by atoms with Crippen LogP contribution in [0.4, 0.5) is 0 Å². The highest BCUT2D eigenvalue weighted by molar-refractivity contribution is 4.99. The second kappa shape index (κ2) is 6.53. The van der Waals surface area contributed by atoms with Gasteiger partial charge in [0.1, 0.15) is 0 Å². The van der Waals surface area contributed by atoms with Crippen molar-refractivity contribution in [3.63, 3.8) is 0 Å². The van der Waals surface area contributed by atoms with Crippen LogP contribution in [0.15, 0.2) is 0 Å². The SMILES string of the molecule is CN(C)CC1CCCN1C1(CN)CCCN(C)CC1. The normalized spacial score (nSPS) is 34.9. The molecular formula is C15H32N4. The molecule has 0 aromatic rings. The van der Waals surface area contributed by atoms with Crippen LogP contribution in [-0.2, 0) is 0 Å². The lowest BCUT2D eigenvalue weighted by Gasteiger charge is -2.45. The summed E-state index contributed by atoms with van der Waals surface area (Å²) >= 11 is 0. The van der Waals surface area contributed by atoms with Gasteiger partial charge in [0.15, 0.2) is 0 Å². The second-order valence-corrected chi connectivity index (χ2v) is 6.84. The molecule has 2 rings (SSSR count). The standard InChI is InChI=1S/C15H32N4/c1-17(2)12-14-6-4-10-19(14)15(13-16)7-5-9-18(3)11-8-15/h14H,4-13,16H2,1-3H3. The maximum atomic E-state index is 6.25. The van der Waals surface area contributed by atoms with E-state index in [9.17, 15) is 0 Å². The van der Waals surface area contributed by atoms with E-state index >= 15 is 0 Å². The molecule has 2 atom stereocenters. The van der Waals surface area contributed by atoms with Crippen molar-refractivity contribution >= 4 is 0 Å². The topological polar surface area (TPSA) is 35.7 Å². The maximum absolute atomic E-state index is 6.25. The van der Waals surface area contributed by atoms with Crippen LogP contribution in [0.3, 0.4) is 0 Å². The Morgan fingerprint density at radius 1 is 1.16 bits per heavy atom. The van der Waals surface area contributed by atoms with Crippen molar-refractivity contribution in [2.75, 3.05) is 53.9 Å². The van der Waals surface area contributed by atoms with Crippen LogP contribution in [0.5, 0.6) is 0 Å². The number of rotatable bonds is 4. The molecule has 2 N–H and O–H groups in total. The van der Waals surface area contributed by atoms with E-state index in [4.69, 9.17) is 5.73 Å². The lowest BCUT2D eigenvalue weighted by molar-refractivity contribution is 0.0551. The number of nitrogens with zero attached hydrogens (tertiary/aromatic N) is 3. The first-order valence-corrected chi connectivity index (χ1v) is 7.87. The summed E-state index contributed by atoms with van der Waals surface area (Å²) in [5.74, 6) is 0. The molecule has 2 aliphatic rings. The molecule has 0 aliphatic carbocycles. The van der Waals surface area contributed by atoms with E-state index in [0.717, 1.165) is 6.54 Å². The molecule has 0 saturated carbocycles. The third kappa shape index (κ3) is 3.48. The number of hydrogen-bond donors (Lipinski definition) is 1. The van der Waals surface area contributed by atoms with Crippen LogP contribution >= 0.6 is 0 Å². The molecule has 2 saturated heterocycles. The van der Waals surface area contributed by atoms with E-state index in [0.29, 0.717) is 6.04 Å². The summed E-state index contributed by atoms with van der Waals surface area (Å²) in [6, 6.07) is 0.710. The Morgan fingerprint density at radius 3 is 2.63 bits per heavy atom. The van der Waals surface area contributed by atoms with Gasteiger partial charge in [0.25, 0.3) is 0 Å². The first-order chi connectivity index (χ1) is 9.07. The van der Waals surface area contributed by atoms with Crippen molar-refractivity contribution in [2.24, 2.45) is 5.73 Å². The average molecular weight is 268 g/mol. The lowest BCUT2D eigenvalue weighted by Crippen LogP contribution is -2.57. The number of likely N-dealkylation sites (tertiary alicyclic amines) is 2. The maximum Gasteiger partial charge on any atom is 0.0347 e. The van der Waals surface area contributed by atoms with Crippen LogP contribution in [0.1, 0.15) is 32.1 Å². The fraction of sp³-hybridized carbons (Fsp3) is 1.00. The number of likely N-dealkylation sites (N-methyl/N-ethyl adjacent to an activating group) is 1. The molecular weight excluding hydrogens is 236 g/mol. The van der Waals surface area contributed by atoms with Crippen molar-refractivity contribution in [3.8, 4) is 0 Å². The van der Waals surface area contributed by atoms with Crippen LogP contribution in [0.25, 0.3) is 0 Å². The average Bonchev–Trinajstić information content (AvgIpc) is 2.73. The van der Waals surface area contributed by atoms with Gasteiger partial charge in [0, 0.05) is 24.7 Å². The van der Waals surface area contributed by atoms with Gasteiger partial charge < -0.3 is 15.5 Å².